The molecular formula is C11H26O. The highest BCUT2D eigenvalue weighted by molar-refractivity contribution is 4.65. The molecule has 12 heavy (non-hydrogen) atoms. The fourth-order valence-electron chi connectivity index (χ4n) is 0.872. The van der Waals surface area contributed by atoms with Gasteiger partial charge in [0.25, 0.3) is 0 Å². The van der Waals surface area contributed by atoms with Gasteiger partial charge in [0.05, 0.1) is 0 Å². The van der Waals surface area contributed by atoms with Crippen LogP contribution in [0.5, 0.6) is 0 Å². The first kappa shape index (κ1) is 14.5. The number of hydrogen-bond acceptors (Lipinski definition) is 1. The van der Waals surface area contributed by atoms with E-state index in [1.165, 1.54) is 19.3 Å². The molecule has 0 radical (unpaired) electrons. The quantitative estimate of drug-likeness (QED) is 0.575. The van der Waals surface area contributed by atoms with Crippen LogP contribution < -0.4 is 0 Å². The molecule has 0 saturated heterocycles. The molecule has 0 spiro atoms. The molecule has 0 bridgehead atoms. The molecule has 0 aromatic rings. The smallest absolute Gasteiger partial charge is 0.0462 e. The van der Waals surface area contributed by atoms with E-state index in [-0.39, 0.29) is 0 Å². The summed E-state index contributed by atoms with van der Waals surface area (Å²) < 4.78 is 4.98. The monoisotopic (exact) mass is 174 g/mol. The topological polar surface area (TPSA) is 9.23 Å². The van der Waals surface area contributed by atoms with Gasteiger partial charge in [-0.25, -0.2) is 0 Å². The van der Waals surface area contributed by atoms with Gasteiger partial charge in [-0.3, -0.25) is 0 Å². The van der Waals surface area contributed by atoms with Crippen LogP contribution in [0.15, 0.2) is 0 Å². The Morgan fingerprint density at radius 3 is 2.00 bits per heavy atom. The van der Waals surface area contributed by atoms with E-state index in [1.54, 1.807) is 7.11 Å². The average Bonchev–Trinajstić information content (AvgIpc) is 2.09. The van der Waals surface area contributed by atoms with Crippen LogP contribution in [0.25, 0.3) is 0 Å². The third-order valence-corrected chi connectivity index (χ3v) is 2.16. The molecule has 0 N–H and O–H groups in total. The Morgan fingerprint density at radius 2 is 1.67 bits per heavy atom. The summed E-state index contributed by atoms with van der Waals surface area (Å²) in [6, 6.07) is 0. The lowest BCUT2D eigenvalue weighted by molar-refractivity contribution is 0.174. The fourth-order valence-corrected chi connectivity index (χ4v) is 0.872. The normalized spacial score (nSPS) is 10.5. The minimum absolute atomic E-state index is 0.512. The maximum absolute atomic E-state index is 4.98. The molecule has 0 aliphatic heterocycles. The molecule has 0 amide bonds. The van der Waals surface area contributed by atoms with E-state index >= 15 is 0 Å². The van der Waals surface area contributed by atoms with Crippen molar-refractivity contribution in [3.05, 3.63) is 0 Å². The lowest BCUT2D eigenvalue weighted by atomic mass is 9.85. The second kappa shape index (κ2) is 9.05. The molecule has 0 aromatic carbocycles. The van der Waals surface area contributed by atoms with E-state index < -0.39 is 0 Å². The predicted molar refractivity (Wildman–Crippen MR) is 56.5 cm³/mol. The summed E-state index contributed by atoms with van der Waals surface area (Å²) in [6.45, 7) is 11.8. The lowest BCUT2D eigenvalue weighted by Gasteiger charge is -2.21. The van der Waals surface area contributed by atoms with Crippen LogP contribution in [0.2, 0.25) is 0 Å². The van der Waals surface area contributed by atoms with Crippen molar-refractivity contribution in [1.82, 2.24) is 0 Å². The second-order valence-corrected chi connectivity index (χ2v) is 3.61. The molecule has 0 aromatic heterocycles. The fraction of sp³-hybridized carbons (Fsp3) is 1.00. The van der Waals surface area contributed by atoms with Crippen molar-refractivity contribution in [2.24, 2.45) is 5.41 Å². The molecule has 76 valence electrons. The van der Waals surface area contributed by atoms with Crippen LogP contribution in [-0.2, 0) is 4.74 Å². The second-order valence-electron chi connectivity index (χ2n) is 3.61. The first-order valence-corrected chi connectivity index (χ1v) is 5.11. The molecule has 0 saturated carbocycles. The van der Waals surface area contributed by atoms with E-state index in [9.17, 15) is 0 Å². The van der Waals surface area contributed by atoms with Gasteiger partial charge in [0.1, 0.15) is 0 Å². The van der Waals surface area contributed by atoms with Crippen molar-refractivity contribution in [3.8, 4) is 0 Å². The summed E-state index contributed by atoms with van der Waals surface area (Å²) in [7, 11) is 1.76. The van der Waals surface area contributed by atoms with E-state index in [2.05, 4.69) is 20.8 Å². The lowest BCUT2D eigenvalue weighted by Crippen LogP contribution is -2.10. The Bertz CT molecular complexity index is 77.1. The maximum Gasteiger partial charge on any atom is 0.0462 e. The van der Waals surface area contributed by atoms with Crippen molar-refractivity contribution in [1.29, 1.82) is 0 Å². The van der Waals surface area contributed by atoms with Crippen LogP contribution in [-0.4, -0.2) is 13.7 Å². The minimum atomic E-state index is 0.512. The zero-order valence-corrected chi connectivity index (χ0v) is 9.74. The van der Waals surface area contributed by atoms with Gasteiger partial charge in [0, 0.05) is 13.7 Å². The molecule has 0 unspecified atom stereocenters. The molecule has 0 aliphatic carbocycles. The summed E-state index contributed by atoms with van der Waals surface area (Å²) in [5.74, 6) is 0. The summed E-state index contributed by atoms with van der Waals surface area (Å²) in [6.07, 6.45) is 3.73. The third kappa shape index (κ3) is 9.96. The minimum Gasteiger partial charge on any atom is -0.385 e. The SMILES string of the molecule is CC.CCC(C)(C)CCCOC. The number of ether oxygens (including phenoxy) is 1. The third-order valence-electron chi connectivity index (χ3n) is 2.16. The van der Waals surface area contributed by atoms with Gasteiger partial charge in [0.2, 0.25) is 0 Å². The van der Waals surface area contributed by atoms with E-state index in [1.807, 2.05) is 13.8 Å². The summed E-state index contributed by atoms with van der Waals surface area (Å²) in [5.41, 5.74) is 0.512. The van der Waals surface area contributed by atoms with Gasteiger partial charge in [0.15, 0.2) is 0 Å². The van der Waals surface area contributed by atoms with Gasteiger partial charge in [-0.05, 0) is 18.3 Å². The predicted octanol–water partition coefficient (Wildman–Crippen LogP) is 3.88. The Kier molecular flexibility index (Phi) is 10.9. The van der Waals surface area contributed by atoms with Gasteiger partial charge < -0.3 is 4.74 Å². The van der Waals surface area contributed by atoms with Gasteiger partial charge in [-0.15, -0.1) is 0 Å². The first-order chi connectivity index (χ1) is 5.62. The van der Waals surface area contributed by atoms with E-state index in [4.69, 9.17) is 4.74 Å². The Labute approximate surface area is 78.5 Å². The van der Waals surface area contributed by atoms with Gasteiger partial charge in [-0.2, -0.15) is 0 Å². The van der Waals surface area contributed by atoms with Crippen molar-refractivity contribution < 1.29 is 4.74 Å². The first-order valence-electron chi connectivity index (χ1n) is 5.11. The molecular weight excluding hydrogens is 148 g/mol. The van der Waals surface area contributed by atoms with E-state index in [0.29, 0.717) is 5.41 Å². The van der Waals surface area contributed by atoms with Crippen LogP contribution in [0.3, 0.4) is 0 Å². The largest absolute Gasteiger partial charge is 0.385 e. The summed E-state index contributed by atoms with van der Waals surface area (Å²) in [5, 5.41) is 0. The molecule has 1 heteroatoms. The van der Waals surface area contributed by atoms with Crippen LogP contribution in [0.1, 0.15) is 53.9 Å². The maximum atomic E-state index is 4.98. The molecule has 0 atom stereocenters. The highest BCUT2D eigenvalue weighted by Crippen LogP contribution is 2.25. The molecule has 0 rings (SSSR count). The van der Waals surface area contributed by atoms with Crippen LogP contribution >= 0.6 is 0 Å². The van der Waals surface area contributed by atoms with Crippen molar-refractivity contribution in [3.63, 3.8) is 0 Å². The summed E-state index contributed by atoms with van der Waals surface area (Å²) >= 11 is 0. The van der Waals surface area contributed by atoms with Crippen LogP contribution in [0.4, 0.5) is 0 Å². The Balaban J connectivity index is 0. The van der Waals surface area contributed by atoms with Crippen molar-refractivity contribution in [2.75, 3.05) is 13.7 Å². The molecule has 0 heterocycles. The number of rotatable bonds is 5. The number of hydrogen-bond donors (Lipinski definition) is 0. The molecule has 1 nitrogen and oxygen atoms in total. The molecule has 0 aliphatic rings. The summed E-state index contributed by atoms with van der Waals surface area (Å²) in [4.78, 5) is 0. The van der Waals surface area contributed by atoms with Crippen LogP contribution in [0, 0.1) is 5.41 Å². The zero-order chi connectivity index (χ0) is 10.0. The molecule has 0 fully saturated rings. The van der Waals surface area contributed by atoms with E-state index in [0.717, 1.165) is 6.61 Å². The Hall–Kier alpha value is -0.0400. The van der Waals surface area contributed by atoms with Crippen molar-refractivity contribution in [2.45, 2.75) is 53.9 Å². The van der Waals surface area contributed by atoms with Crippen molar-refractivity contribution >= 4 is 0 Å². The van der Waals surface area contributed by atoms with Gasteiger partial charge in [-0.1, -0.05) is 41.0 Å². The number of methoxy groups -OCH3 is 1. The zero-order valence-electron chi connectivity index (χ0n) is 9.74. The van der Waals surface area contributed by atoms with Gasteiger partial charge >= 0.3 is 0 Å². The standard InChI is InChI=1S/C9H20O.C2H6/c1-5-9(2,3)7-6-8-10-4;1-2/h5-8H2,1-4H3;1-2H3. The highest BCUT2D eigenvalue weighted by Gasteiger charge is 2.13. The Morgan fingerprint density at radius 1 is 1.17 bits per heavy atom. The average molecular weight is 174 g/mol. The highest BCUT2D eigenvalue weighted by atomic mass is 16.5.